The molecule has 24 heteroatoms. The van der Waals surface area contributed by atoms with Crippen LogP contribution in [0, 0.1) is 5.92 Å². The highest BCUT2D eigenvalue weighted by Crippen LogP contribution is 2.49. The minimum absolute atomic E-state index is 0.0882. The molecule has 0 saturated carbocycles. The van der Waals surface area contributed by atoms with E-state index in [1.54, 1.807) is 88.2 Å². The number of carbonyl (C=O) groups excluding carboxylic acids is 7. The van der Waals surface area contributed by atoms with Gasteiger partial charge < -0.3 is 54.5 Å². The number of amides is 6. The molecule has 3 aliphatic heterocycles. The largest absolute Gasteiger partial charge is 0.495 e. The maximum atomic E-state index is 14.4. The van der Waals surface area contributed by atoms with E-state index >= 15 is 0 Å². The molecule has 3 aliphatic rings. The van der Waals surface area contributed by atoms with E-state index in [0.29, 0.717) is 41.5 Å². The van der Waals surface area contributed by atoms with Crippen molar-refractivity contribution in [3.05, 3.63) is 101 Å². The fourth-order valence-electron chi connectivity index (χ4n) is 9.25. The Hall–Kier alpha value is -5.82. The van der Waals surface area contributed by atoms with E-state index in [4.69, 9.17) is 35.3 Å². The molecular formula is C57H74ClN7O13S3. The molecule has 20 nitrogen and oxygen atoms in total. The summed E-state index contributed by atoms with van der Waals surface area (Å²) in [4.78, 5) is 100. The van der Waals surface area contributed by atoms with Crippen molar-refractivity contribution >= 4 is 97.9 Å². The second-order valence-corrected chi connectivity index (χ2v) is 24.5. The number of hydrogen-bond donors (Lipinski definition) is 5. The number of aliphatic hydroxyl groups is 1. The van der Waals surface area contributed by atoms with E-state index in [9.17, 15) is 38.7 Å². The van der Waals surface area contributed by atoms with Gasteiger partial charge >= 0.3 is 12.1 Å². The van der Waals surface area contributed by atoms with Gasteiger partial charge in [-0.25, -0.2) is 14.6 Å². The molecule has 2 fully saturated rings. The number of methoxy groups -OCH3 is 2. The molecule has 440 valence electrons. The summed E-state index contributed by atoms with van der Waals surface area (Å²) >= 11 is 8.33. The van der Waals surface area contributed by atoms with Gasteiger partial charge in [-0.05, 0) is 106 Å². The fourth-order valence-corrected chi connectivity index (χ4v) is 12.4. The van der Waals surface area contributed by atoms with Gasteiger partial charge in [-0.1, -0.05) is 71.3 Å². The number of likely N-dealkylation sites (N-methyl/N-ethyl adjacent to an activating group) is 1. The molecule has 5 N–H and O–H groups in total. The third-order valence-corrected chi connectivity index (χ3v) is 18.2. The number of pyridine rings is 1. The Morgan fingerprint density at radius 3 is 2.43 bits per heavy atom. The van der Waals surface area contributed by atoms with Gasteiger partial charge in [0, 0.05) is 75.5 Å². The van der Waals surface area contributed by atoms with Crippen LogP contribution in [0.1, 0.15) is 84.8 Å². The van der Waals surface area contributed by atoms with Crippen LogP contribution in [0.25, 0.3) is 0 Å². The number of allylic oxidation sites excluding steroid dienone is 3. The maximum Gasteiger partial charge on any atom is 0.409 e. The van der Waals surface area contributed by atoms with Crippen molar-refractivity contribution < 1.29 is 62.4 Å². The maximum absolute atomic E-state index is 14.4. The van der Waals surface area contributed by atoms with E-state index in [2.05, 4.69) is 26.3 Å². The molecule has 6 amide bonds. The molecular weight excluding hydrogens is 1120 g/mol. The predicted octanol–water partition coefficient (Wildman–Crippen LogP) is 7.40. The lowest BCUT2D eigenvalue weighted by atomic mass is 9.83. The van der Waals surface area contributed by atoms with E-state index in [1.807, 2.05) is 43.3 Å². The highest BCUT2D eigenvalue weighted by atomic mass is 35.5. The number of hydrogen-bond acceptors (Lipinski definition) is 17. The van der Waals surface area contributed by atoms with Crippen molar-refractivity contribution in [3.8, 4) is 5.75 Å². The van der Waals surface area contributed by atoms with Crippen LogP contribution in [-0.2, 0) is 59.9 Å². The topological polar surface area (TPSA) is 257 Å². The minimum Gasteiger partial charge on any atom is -0.495 e. The van der Waals surface area contributed by atoms with Gasteiger partial charge in [0.05, 0.1) is 25.3 Å². The van der Waals surface area contributed by atoms with Gasteiger partial charge in [0.2, 0.25) is 29.5 Å². The molecule has 10 atom stereocenters. The summed E-state index contributed by atoms with van der Waals surface area (Å²) in [6.07, 6.45) is 3.24. The summed E-state index contributed by atoms with van der Waals surface area (Å²) in [6, 6.07) is 13.6. The Morgan fingerprint density at radius 2 is 1.74 bits per heavy atom. The minimum atomic E-state index is -1.87. The molecule has 2 saturated heterocycles. The van der Waals surface area contributed by atoms with Crippen LogP contribution in [0.2, 0.25) is 5.02 Å². The van der Waals surface area contributed by atoms with Crippen molar-refractivity contribution in [2.45, 2.75) is 145 Å². The number of fused-ring (bicyclic) bond motifs is 5. The van der Waals surface area contributed by atoms with E-state index < -0.39 is 89.6 Å². The first-order valence-electron chi connectivity index (χ1n) is 26.6. The number of halogens is 1. The highest BCUT2D eigenvalue weighted by molar-refractivity contribution is 8.76. The van der Waals surface area contributed by atoms with Crippen molar-refractivity contribution in [1.82, 2.24) is 25.8 Å². The molecule has 81 heavy (non-hydrogen) atoms. The average Bonchev–Trinajstić information content (AvgIpc) is 2.52. The standard InChI is InChI=1S/C57H74ClN7O13S3/c1-33-15-13-16-44(75-10)57(73)31-43(76-55(72)63-57)34(2)51-56(6,78-51)45(30-49(68)65(8)41-28-39(27-33)29-42(74-9)50(41)58)77-54(71)37(5)64(7)48(67)23-26-79-32-38-19-21-40(22-20-38)62-53(70)36(4)61-52(69)35(3)60-46(66)17-14-25-80-81-47-18-11-12-24-59-47/h11-13,15-16,18-22,24,28-29,34-37,43-45,51,73H,14,17,23,25-27,30-32H2,1-10H3,(H,60,66)(H,61,69)(H,62,70)(H,63,72)/b16-13+,33-15+. The van der Waals surface area contributed by atoms with Gasteiger partial charge in [0.1, 0.15) is 57.8 Å². The smallest absolute Gasteiger partial charge is 0.409 e. The number of nitrogens with one attached hydrogen (secondary N) is 4. The Labute approximate surface area is 490 Å². The van der Waals surface area contributed by atoms with Crippen LogP contribution in [-0.4, -0.2) is 150 Å². The van der Waals surface area contributed by atoms with Crippen molar-refractivity contribution in [3.63, 3.8) is 0 Å². The van der Waals surface area contributed by atoms with Crippen LogP contribution >= 0.6 is 45.0 Å². The summed E-state index contributed by atoms with van der Waals surface area (Å²) < 4.78 is 29.5. The number of alkyl carbamates (subject to hydrolysis) is 1. The number of anilines is 2. The van der Waals surface area contributed by atoms with Crippen LogP contribution in [0.15, 0.2) is 89.6 Å². The summed E-state index contributed by atoms with van der Waals surface area (Å²) in [6.45, 7) is 10.1. The molecule has 4 heterocycles. The number of epoxide rings is 1. The molecule has 0 spiro atoms. The summed E-state index contributed by atoms with van der Waals surface area (Å²) in [5, 5.41) is 23.6. The number of ether oxygens (including phenoxy) is 5. The van der Waals surface area contributed by atoms with E-state index in [1.165, 1.54) is 60.5 Å². The zero-order valence-electron chi connectivity index (χ0n) is 47.3. The number of rotatable bonds is 21. The third-order valence-electron chi connectivity index (χ3n) is 14.4. The zero-order valence-corrected chi connectivity index (χ0v) is 50.5. The molecule has 3 aromatic rings. The number of esters is 1. The van der Waals surface area contributed by atoms with Crippen molar-refractivity contribution in [2.24, 2.45) is 5.92 Å². The van der Waals surface area contributed by atoms with E-state index in [-0.39, 0.29) is 42.5 Å². The van der Waals surface area contributed by atoms with Gasteiger partial charge in [-0.3, -0.25) is 29.3 Å². The molecule has 4 bridgehead atoms. The van der Waals surface area contributed by atoms with Gasteiger partial charge in [-0.15, -0.1) is 0 Å². The lowest BCUT2D eigenvalue weighted by Crippen LogP contribution is -2.63. The third kappa shape index (κ3) is 17.6. The summed E-state index contributed by atoms with van der Waals surface area (Å²) in [5.74, 6) is -1.30. The summed E-state index contributed by atoms with van der Waals surface area (Å²) in [5.41, 5.74) is 0.331. The monoisotopic (exact) mass is 1200 g/mol. The normalized spacial score (nSPS) is 25.0. The fraction of sp³-hybridized carbons (Fsp3) is 0.509. The second kappa shape index (κ2) is 29.4. The number of nitrogens with zero attached hydrogens (tertiary/aromatic N) is 3. The van der Waals surface area contributed by atoms with Crippen molar-refractivity contribution in [1.29, 1.82) is 0 Å². The van der Waals surface area contributed by atoms with Crippen LogP contribution in [0.4, 0.5) is 16.2 Å². The van der Waals surface area contributed by atoms with Crippen LogP contribution in [0.3, 0.4) is 0 Å². The number of carbonyl (C=O) groups is 7. The van der Waals surface area contributed by atoms with E-state index in [0.717, 1.165) is 27.5 Å². The lowest BCUT2D eigenvalue weighted by Gasteiger charge is -2.42. The van der Waals surface area contributed by atoms with Crippen LogP contribution in [0.5, 0.6) is 5.75 Å². The number of thioether (sulfide) groups is 1. The van der Waals surface area contributed by atoms with Gasteiger partial charge in [0.15, 0.2) is 5.72 Å². The molecule has 6 rings (SSSR count). The lowest BCUT2D eigenvalue weighted by molar-refractivity contribution is -0.162. The summed E-state index contributed by atoms with van der Waals surface area (Å²) in [7, 11) is 9.10. The molecule has 0 aliphatic carbocycles. The molecule has 10 unspecified atom stereocenters. The Bertz CT molecular complexity index is 2800. The molecule has 1 aromatic heterocycles. The Morgan fingerprint density at radius 1 is 1.01 bits per heavy atom. The van der Waals surface area contributed by atoms with Gasteiger partial charge in [0.25, 0.3) is 0 Å². The SMILES string of the molecule is COc1cc2cc(c1Cl)N(C)C(=O)CC(OC(=O)C(C)N(C)C(=O)CCSCc1ccc(NC(=O)C(C)NC(=O)C(C)NC(=O)CCCSSc3ccccn3)cc1)C1(C)OC1C(C)C1CC(O)(NC(=O)O1)C(OC)/C=C/C=C(\C)C2. The quantitative estimate of drug-likeness (QED) is 0.0301. The second-order valence-electron chi connectivity index (χ2n) is 20.6. The highest BCUT2D eigenvalue weighted by Gasteiger charge is 2.64. The number of benzene rings is 2. The first-order valence-corrected chi connectivity index (χ1v) is 30.4. The molecule has 2 aromatic carbocycles. The van der Waals surface area contributed by atoms with Crippen molar-refractivity contribution in [2.75, 3.05) is 50.0 Å². The zero-order chi connectivity index (χ0) is 59.2. The average molecular weight is 1200 g/mol. The Balaban J connectivity index is 1.01. The van der Waals surface area contributed by atoms with Crippen LogP contribution < -0.4 is 30.9 Å². The van der Waals surface area contributed by atoms with Gasteiger partial charge in [-0.2, -0.15) is 11.8 Å². The number of aromatic nitrogens is 1. The first-order chi connectivity index (χ1) is 38.5. The Kier molecular flexibility index (Phi) is 23.4. The predicted molar refractivity (Wildman–Crippen MR) is 314 cm³/mol. The molecule has 0 radical (unpaired) electrons. The first kappa shape index (κ1) is 64.3.